The van der Waals surface area contributed by atoms with E-state index in [2.05, 4.69) is 20.7 Å². The first-order chi connectivity index (χ1) is 14.0. The maximum atomic E-state index is 12.8. The summed E-state index contributed by atoms with van der Waals surface area (Å²) >= 11 is 0. The zero-order chi connectivity index (χ0) is 20.4. The van der Waals surface area contributed by atoms with Crippen molar-refractivity contribution in [1.29, 1.82) is 0 Å². The summed E-state index contributed by atoms with van der Waals surface area (Å²) in [6.45, 7) is 5.08. The molecular weight excluding hydrogens is 370 g/mol. The Hall–Kier alpha value is -2.64. The van der Waals surface area contributed by atoms with Crippen LogP contribution in [0.1, 0.15) is 77.6 Å². The van der Waals surface area contributed by atoms with E-state index in [-0.39, 0.29) is 23.8 Å². The summed E-state index contributed by atoms with van der Waals surface area (Å²) in [7, 11) is 0. The molecule has 1 aliphatic heterocycles. The SMILES string of the molecule is Cc1noc(C)c1CC(=O)N1CCC[C@H](c2cc(C(=O)NC3CCCC3)n[nH]2)C1. The number of piperidine rings is 1. The Morgan fingerprint density at radius 2 is 2.03 bits per heavy atom. The van der Waals surface area contributed by atoms with Gasteiger partial charge in [-0.3, -0.25) is 14.7 Å². The van der Waals surface area contributed by atoms with E-state index in [9.17, 15) is 9.59 Å². The van der Waals surface area contributed by atoms with Crippen LogP contribution in [0.3, 0.4) is 0 Å². The molecule has 2 N–H and O–H groups in total. The minimum absolute atomic E-state index is 0.0859. The molecule has 0 aromatic carbocycles. The van der Waals surface area contributed by atoms with Gasteiger partial charge in [-0.1, -0.05) is 18.0 Å². The molecule has 4 rings (SSSR count). The summed E-state index contributed by atoms with van der Waals surface area (Å²) in [6.07, 6.45) is 6.67. The van der Waals surface area contributed by atoms with Crippen LogP contribution in [0.2, 0.25) is 0 Å². The van der Waals surface area contributed by atoms with Crippen LogP contribution in [0.25, 0.3) is 0 Å². The molecule has 1 saturated carbocycles. The van der Waals surface area contributed by atoms with Crippen molar-refractivity contribution in [3.8, 4) is 0 Å². The molecule has 29 heavy (non-hydrogen) atoms. The van der Waals surface area contributed by atoms with Crippen molar-refractivity contribution >= 4 is 11.8 Å². The van der Waals surface area contributed by atoms with Gasteiger partial charge in [0.25, 0.3) is 5.91 Å². The third-order valence-corrected chi connectivity index (χ3v) is 6.24. The van der Waals surface area contributed by atoms with Gasteiger partial charge in [-0.25, -0.2) is 0 Å². The monoisotopic (exact) mass is 399 g/mol. The standard InChI is InChI=1S/C21H29N5O3/c1-13-17(14(2)29-25-13)10-20(27)26-9-5-6-15(12-26)18-11-19(24-23-18)21(28)22-16-7-3-4-8-16/h11,15-16H,3-10,12H2,1-2H3,(H,22,28)(H,23,24)/t15-/m0/s1. The molecule has 2 aromatic rings. The van der Waals surface area contributed by atoms with Gasteiger partial charge in [0.1, 0.15) is 11.5 Å². The molecule has 156 valence electrons. The molecule has 0 unspecified atom stereocenters. The molecule has 2 fully saturated rings. The molecule has 1 aliphatic carbocycles. The second-order valence-electron chi connectivity index (χ2n) is 8.32. The van der Waals surface area contributed by atoms with Gasteiger partial charge >= 0.3 is 0 Å². The lowest BCUT2D eigenvalue weighted by atomic mass is 9.94. The van der Waals surface area contributed by atoms with Gasteiger partial charge in [-0.15, -0.1) is 0 Å². The molecular formula is C21H29N5O3. The van der Waals surface area contributed by atoms with Crippen LogP contribution in [0.4, 0.5) is 0 Å². The van der Waals surface area contributed by atoms with E-state index >= 15 is 0 Å². The number of rotatable bonds is 5. The topological polar surface area (TPSA) is 104 Å². The van der Waals surface area contributed by atoms with Crippen LogP contribution in [0.5, 0.6) is 0 Å². The van der Waals surface area contributed by atoms with Crippen LogP contribution in [-0.2, 0) is 11.2 Å². The van der Waals surface area contributed by atoms with E-state index in [1.807, 2.05) is 24.8 Å². The van der Waals surface area contributed by atoms with E-state index in [4.69, 9.17) is 4.52 Å². The van der Waals surface area contributed by atoms with Gasteiger partial charge in [-0.05, 0) is 45.6 Å². The highest BCUT2D eigenvalue weighted by Crippen LogP contribution is 2.27. The molecule has 0 radical (unpaired) electrons. The number of aromatic amines is 1. The van der Waals surface area contributed by atoms with Crippen LogP contribution in [0.15, 0.2) is 10.6 Å². The first-order valence-electron chi connectivity index (χ1n) is 10.6. The van der Waals surface area contributed by atoms with Gasteiger partial charge in [0.2, 0.25) is 5.91 Å². The molecule has 2 amide bonds. The van der Waals surface area contributed by atoms with Crippen LogP contribution in [0, 0.1) is 13.8 Å². The number of aryl methyl sites for hydroxylation is 2. The Morgan fingerprint density at radius 3 is 2.76 bits per heavy atom. The number of likely N-dealkylation sites (tertiary alicyclic amines) is 1. The summed E-state index contributed by atoms with van der Waals surface area (Å²) in [5, 5.41) is 14.3. The highest BCUT2D eigenvalue weighted by molar-refractivity contribution is 5.92. The van der Waals surface area contributed by atoms with Gasteiger partial charge in [0.15, 0.2) is 0 Å². The highest BCUT2D eigenvalue weighted by atomic mass is 16.5. The minimum Gasteiger partial charge on any atom is -0.361 e. The fourth-order valence-corrected chi connectivity index (χ4v) is 4.47. The van der Waals surface area contributed by atoms with Crippen LogP contribution in [-0.4, -0.2) is 51.2 Å². The van der Waals surface area contributed by atoms with Crippen molar-refractivity contribution in [3.05, 3.63) is 34.5 Å². The van der Waals surface area contributed by atoms with Gasteiger partial charge < -0.3 is 14.7 Å². The van der Waals surface area contributed by atoms with Crippen molar-refractivity contribution < 1.29 is 14.1 Å². The summed E-state index contributed by atoms with van der Waals surface area (Å²) in [5.41, 5.74) is 3.02. The van der Waals surface area contributed by atoms with E-state index in [0.29, 0.717) is 24.4 Å². The Balaban J connectivity index is 1.37. The van der Waals surface area contributed by atoms with Gasteiger partial charge in [0.05, 0.1) is 12.1 Å². The molecule has 0 bridgehead atoms. The predicted octanol–water partition coefficient (Wildman–Crippen LogP) is 2.64. The average molecular weight is 399 g/mol. The zero-order valence-corrected chi connectivity index (χ0v) is 17.2. The van der Waals surface area contributed by atoms with Crippen molar-refractivity contribution in [1.82, 2.24) is 25.6 Å². The highest BCUT2D eigenvalue weighted by Gasteiger charge is 2.28. The van der Waals surface area contributed by atoms with Crippen molar-refractivity contribution in [2.24, 2.45) is 0 Å². The lowest BCUT2D eigenvalue weighted by molar-refractivity contribution is -0.131. The minimum atomic E-state index is -0.110. The maximum absolute atomic E-state index is 12.8. The number of amides is 2. The number of nitrogens with zero attached hydrogens (tertiary/aromatic N) is 3. The van der Waals surface area contributed by atoms with Crippen molar-refractivity contribution in [3.63, 3.8) is 0 Å². The van der Waals surface area contributed by atoms with E-state index in [1.54, 1.807) is 0 Å². The molecule has 8 nitrogen and oxygen atoms in total. The molecule has 0 spiro atoms. The fraction of sp³-hybridized carbons (Fsp3) is 0.619. The largest absolute Gasteiger partial charge is 0.361 e. The number of H-pyrrole nitrogens is 1. The maximum Gasteiger partial charge on any atom is 0.271 e. The molecule has 1 saturated heterocycles. The summed E-state index contributed by atoms with van der Waals surface area (Å²) < 4.78 is 5.17. The van der Waals surface area contributed by atoms with E-state index in [1.165, 1.54) is 12.8 Å². The Kier molecular flexibility index (Phi) is 5.69. The van der Waals surface area contributed by atoms with Crippen LogP contribution >= 0.6 is 0 Å². The third-order valence-electron chi connectivity index (χ3n) is 6.24. The first-order valence-corrected chi connectivity index (χ1v) is 10.6. The lowest BCUT2D eigenvalue weighted by Gasteiger charge is -2.32. The number of hydrogen-bond donors (Lipinski definition) is 2. The molecule has 2 aliphatic rings. The summed E-state index contributed by atoms with van der Waals surface area (Å²) in [5.74, 6) is 0.846. The normalized spacial score (nSPS) is 20.2. The van der Waals surface area contributed by atoms with E-state index in [0.717, 1.165) is 49.2 Å². The Labute approximate surface area is 170 Å². The Morgan fingerprint density at radius 1 is 1.24 bits per heavy atom. The number of hydrogen-bond acceptors (Lipinski definition) is 5. The number of carbonyl (C=O) groups is 2. The number of carbonyl (C=O) groups excluding carboxylic acids is 2. The van der Waals surface area contributed by atoms with Crippen molar-refractivity contribution in [2.45, 2.75) is 70.8 Å². The molecule has 8 heteroatoms. The second kappa shape index (κ2) is 8.39. The average Bonchev–Trinajstić information content (AvgIpc) is 3.47. The number of nitrogens with one attached hydrogen (secondary N) is 2. The van der Waals surface area contributed by atoms with E-state index < -0.39 is 0 Å². The number of aromatic nitrogens is 3. The quantitative estimate of drug-likeness (QED) is 0.804. The summed E-state index contributed by atoms with van der Waals surface area (Å²) in [4.78, 5) is 27.2. The third kappa shape index (κ3) is 4.36. The smallest absolute Gasteiger partial charge is 0.271 e. The van der Waals surface area contributed by atoms with Crippen LogP contribution < -0.4 is 5.32 Å². The second-order valence-corrected chi connectivity index (χ2v) is 8.32. The summed E-state index contributed by atoms with van der Waals surface area (Å²) in [6, 6.07) is 2.12. The van der Waals surface area contributed by atoms with Gasteiger partial charge in [-0.2, -0.15) is 5.10 Å². The fourth-order valence-electron chi connectivity index (χ4n) is 4.47. The molecule has 1 atom stereocenters. The van der Waals surface area contributed by atoms with Crippen molar-refractivity contribution in [2.75, 3.05) is 13.1 Å². The van der Waals surface area contributed by atoms with Gasteiger partial charge in [0, 0.05) is 36.3 Å². The molecule has 3 heterocycles. The molecule has 2 aromatic heterocycles. The first kappa shape index (κ1) is 19.7. The lowest BCUT2D eigenvalue weighted by Crippen LogP contribution is -2.40. The zero-order valence-electron chi connectivity index (χ0n) is 17.2. The predicted molar refractivity (Wildman–Crippen MR) is 107 cm³/mol. The Bertz CT molecular complexity index is 861.